The number of carbonyl (C=O) groups excluding carboxylic acids is 1. The normalized spacial score (nSPS) is 15.4. The molecule has 5 rings (SSSR count). The molecule has 1 aliphatic rings. The molecule has 0 amide bonds. The summed E-state index contributed by atoms with van der Waals surface area (Å²) in [6, 6.07) is 22.7. The second-order valence-corrected chi connectivity index (χ2v) is 10.3. The number of hydrogen-bond acceptors (Lipinski definition) is 5. The molecule has 0 unspecified atom stereocenters. The Hall–Kier alpha value is -4.10. The number of carbonyl (C=O) groups is 1. The predicted molar refractivity (Wildman–Crippen MR) is 148 cm³/mol. The van der Waals surface area contributed by atoms with Gasteiger partial charge in [-0.3, -0.25) is 9.36 Å². The molecule has 0 saturated carbocycles. The van der Waals surface area contributed by atoms with Gasteiger partial charge in [0.1, 0.15) is 5.82 Å². The Bertz CT molecular complexity index is 1680. The lowest BCUT2D eigenvalue weighted by molar-refractivity contribution is -0.138. The van der Waals surface area contributed by atoms with Crippen molar-refractivity contribution >= 4 is 29.1 Å². The summed E-state index contributed by atoms with van der Waals surface area (Å²) in [7, 11) is 0. The summed E-state index contributed by atoms with van der Waals surface area (Å²) in [6.07, 6.45) is 1.72. The zero-order valence-electron chi connectivity index (χ0n) is 21.4. The maximum Gasteiger partial charge on any atom is 0.338 e. The fourth-order valence-corrected chi connectivity index (χ4v) is 5.53. The Morgan fingerprint density at radius 1 is 1.05 bits per heavy atom. The van der Waals surface area contributed by atoms with Crippen LogP contribution in [0.2, 0.25) is 0 Å². The van der Waals surface area contributed by atoms with Gasteiger partial charge in [-0.15, -0.1) is 0 Å². The number of thiazole rings is 1. The lowest BCUT2D eigenvalue weighted by atomic mass is 9.91. The number of halogens is 1. The van der Waals surface area contributed by atoms with Crippen molar-refractivity contribution in [3.63, 3.8) is 0 Å². The van der Waals surface area contributed by atoms with Gasteiger partial charge in [-0.25, -0.2) is 14.2 Å². The van der Waals surface area contributed by atoms with Crippen LogP contribution >= 0.6 is 11.3 Å². The van der Waals surface area contributed by atoms with E-state index in [1.807, 2.05) is 54.6 Å². The molecule has 1 aromatic heterocycles. The van der Waals surface area contributed by atoms with Crippen LogP contribution in [0.4, 0.5) is 4.39 Å². The topological polar surface area (TPSA) is 60.7 Å². The third-order valence-corrected chi connectivity index (χ3v) is 7.44. The standard InChI is InChI=1S/C31H27FN2O3S/c1-4-37-30(36)26-27(22-8-6-5-7-9-22)33-31-34(28(26)23-14-12-21(13-15-23)19(2)3)29(35)25(38-31)18-20-10-16-24(32)17-11-20/h5-19,28H,4H2,1-3H3/b25-18-/t28-/m1/s1. The molecule has 2 heterocycles. The number of fused-ring (bicyclic) bond motifs is 1. The summed E-state index contributed by atoms with van der Waals surface area (Å²) in [5.41, 5.74) is 3.92. The van der Waals surface area contributed by atoms with Crippen molar-refractivity contribution in [1.82, 2.24) is 4.57 Å². The first-order valence-corrected chi connectivity index (χ1v) is 13.3. The molecule has 38 heavy (non-hydrogen) atoms. The van der Waals surface area contributed by atoms with E-state index in [-0.39, 0.29) is 18.0 Å². The zero-order valence-corrected chi connectivity index (χ0v) is 22.2. The third-order valence-electron chi connectivity index (χ3n) is 6.46. The van der Waals surface area contributed by atoms with E-state index in [0.717, 1.165) is 16.7 Å². The summed E-state index contributed by atoms with van der Waals surface area (Å²) in [5, 5.41) is 0. The van der Waals surface area contributed by atoms with Crippen LogP contribution in [0.25, 0.3) is 11.8 Å². The van der Waals surface area contributed by atoms with Crippen LogP contribution in [0.1, 0.15) is 55.0 Å². The van der Waals surface area contributed by atoms with Gasteiger partial charge in [-0.2, -0.15) is 0 Å². The Balaban J connectivity index is 1.81. The van der Waals surface area contributed by atoms with E-state index in [0.29, 0.717) is 32.1 Å². The van der Waals surface area contributed by atoms with Crippen LogP contribution in [0.5, 0.6) is 0 Å². The van der Waals surface area contributed by atoms with Crippen molar-refractivity contribution in [3.05, 3.63) is 132 Å². The van der Waals surface area contributed by atoms with E-state index in [4.69, 9.17) is 9.73 Å². The molecule has 0 N–H and O–H groups in total. The summed E-state index contributed by atoms with van der Waals surface area (Å²) in [4.78, 5) is 32.7. The number of ether oxygens (including phenoxy) is 1. The minimum atomic E-state index is -0.725. The highest BCUT2D eigenvalue weighted by atomic mass is 32.1. The molecule has 3 aromatic carbocycles. The van der Waals surface area contributed by atoms with E-state index in [1.165, 1.54) is 23.5 Å². The van der Waals surface area contributed by atoms with E-state index in [1.54, 1.807) is 29.7 Å². The zero-order chi connectivity index (χ0) is 26.8. The fraction of sp³-hybridized carbons (Fsp3) is 0.194. The number of rotatable bonds is 6. The summed E-state index contributed by atoms with van der Waals surface area (Å²) < 4.78 is 21.0. The SMILES string of the molecule is CCOC(=O)C1=C(c2ccccc2)N=c2s/c(=C\c3ccc(F)cc3)c(=O)n2[C@@H]1c1ccc(C(C)C)cc1. The van der Waals surface area contributed by atoms with E-state index in [9.17, 15) is 14.0 Å². The lowest BCUT2D eigenvalue weighted by Crippen LogP contribution is -2.40. The molecule has 0 spiro atoms. The first-order chi connectivity index (χ1) is 18.4. The predicted octanol–water partition coefficient (Wildman–Crippen LogP) is 5.20. The van der Waals surface area contributed by atoms with Gasteiger partial charge in [0.15, 0.2) is 4.80 Å². The van der Waals surface area contributed by atoms with Gasteiger partial charge >= 0.3 is 5.97 Å². The summed E-state index contributed by atoms with van der Waals surface area (Å²) in [6.45, 7) is 6.18. The van der Waals surface area contributed by atoms with Crippen molar-refractivity contribution in [2.75, 3.05) is 6.61 Å². The van der Waals surface area contributed by atoms with Crippen molar-refractivity contribution in [3.8, 4) is 0 Å². The Kier molecular flexibility index (Phi) is 7.20. The Morgan fingerprint density at radius 2 is 1.74 bits per heavy atom. The Morgan fingerprint density at radius 3 is 2.37 bits per heavy atom. The molecular weight excluding hydrogens is 499 g/mol. The van der Waals surface area contributed by atoms with Gasteiger partial charge in [0.2, 0.25) is 0 Å². The highest BCUT2D eigenvalue weighted by Crippen LogP contribution is 2.35. The molecule has 7 heteroatoms. The second-order valence-electron chi connectivity index (χ2n) is 9.30. The molecule has 4 aromatic rings. The number of nitrogens with zero attached hydrogens (tertiary/aromatic N) is 2. The quantitative estimate of drug-likeness (QED) is 0.325. The molecule has 5 nitrogen and oxygen atoms in total. The van der Waals surface area contributed by atoms with Crippen LogP contribution in [0.3, 0.4) is 0 Å². The van der Waals surface area contributed by atoms with Crippen LogP contribution in [-0.2, 0) is 9.53 Å². The average Bonchev–Trinajstić information content (AvgIpc) is 3.24. The van der Waals surface area contributed by atoms with E-state index >= 15 is 0 Å². The summed E-state index contributed by atoms with van der Waals surface area (Å²) >= 11 is 1.24. The molecular formula is C31H27FN2O3S. The maximum atomic E-state index is 13.8. The van der Waals surface area contributed by atoms with E-state index < -0.39 is 12.0 Å². The second kappa shape index (κ2) is 10.7. The highest BCUT2D eigenvalue weighted by Gasteiger charge is 2.35. The molecule has 0 fully saturated rings. The van der Waals surface area contributed by atoms with Gasteiger partial charge < -0.3 is 4.74 Å². The van der Waals surface area contributed by atoms with Gasteiger partial charge in [0, 0.05) is 5.56 Å². The molecule has 0 radical (unpaired) electrons. The van der Waals surface area contributed by atoms with Crippen LogP contribution < -0.4 is 14.9 Å². The minimum absolute atomic E-state index is 0.193. The number of benzene rings is 3. The van der Waals surface area contributed by atoms with Crippen LogP contribution in [0, 0.1) is 5.82 Å². The van der Waals surface area contributed by atoms with Gasteiger partial charge in [-0.05, 0) is 47.7 Å². The number of esters is 1. The van der Waals surface area contributed by atoms with Crippen molar-refractivity contribution in [2.45, 2.75) is 32.7 Å². The highest BCUT2D eigenvalue weighted by molar-refractivity contribution is 7.07. The first kappa shape index (κ1) is 25.5. The Labute approximate surface area is 223 Å². The van der Waals surface area contributed by atoms with Gasteiger partial charge in [0.25, 0.3) is 5.56 Å². The number of hydrogen-bond donors (Lipinski definition) is 0. The third kappa shape index (κ3) is 4.89. The van der Waals surface area contributed by atoms with Gasteiger partial charge in [-0.1, -0.05) is 91.9 Å². The van der Waals surface area contributed by atoms with E-state index in [2.05, 4.69) is 13.8 Å². The first-order valence-electron chi connectivity index (χ1n) is 12.5. The molecule has 192 valence electrons. The largest absolute Gasteiger partial charge is 0.463 e. The van der Waals surface area contributed by atoms with Crippen molar-refractivity contribution < 1.29 is 13.9 Å². The lowest BCUT2D eigenvalue weighted by Gasteiger charge is -2.26. The summed E-state index contributed by atoms with van der Waals surface area (Å²) in [5.74, 6) is -0.525. The van der Waals surface area contributed by atoms with Crippen molar-refractivity contribution in [2.24, 2.45) is 4.99 Å². The minimum Gasteiger partial charge on any atom is -0.463 e. The molecule has 0 bridgehead atoms. The van der Waals surface area contributed by atoms with Gasteiger partial charge in [0.05, 0.1) is 28.5 Å². The molecule has 0 saturated heterocycles. The maximum absolute atomic E-state index is 13.8. The molecule has 1 aliphatic heterocycles. The van der Waals surface area contributed by atoms with Crippen LogP contribution in [0.15, 0.2) is 94.2 Å². The monoisotopic (exact) mass is 526 g/mol. The number of aromatic nitrogens is 1. The van der Waals surface area contributed by atoms with Crippen LogP contribution in [-0.4, -0.2) is 17.1 Å². The smallest absolute Gasteiger partial charge is 0.338 e. The van der Waals surface area contributed by atoms with Crippen molar-refractivity contribution in [1.29, 1.82) is 0 Å². The molecule has 1 atom stereocenters. The average molecular weight is 527 g/mol. The fourth-order valence-electron chi connectivity index (χ4n) is 4.53. The molecule has 0 aliphatic carbocycles.